The molecule has 17 heavy (non-hydrogen) atoms. The zero-order valence-corrected chi connectivity index (χ0v) is 10.6. The second kappa shape index (κ2) is 5.29. The third-order valence-corrected chi connectivity index (χ3v) is 4.18. The molecular weight excluding hydrogens is 230 g/mol. The maximum Gasteiger partial charge on any atom is 0.234 e. The van der Waals surface area contributed by atoms with Gasteiger partial charge in [-0.1, -0.05) is 31.0 Å². The molecule has 1 heterocycles. The average molecular weight is 245 g/mol. The lowest BCUT2D eigenvalue weighted by Crippen LogP contribution is -2.39. The van der Waals surface area contributed by atoms with E-state index in [9.17, 15) is 4.79 Å². The Balaban J connectivity index is 1.99. The highest BCUT2D eigenvalue weighted by atomic mass is 32.2. The molecule has 0 saturated carbocycles. The molecule has 0 aliphatic carbocycles. The van der Waals surface area contributed by atoms with Gasteiger partial charge in [-0.2, -0.15) is 0 Å². The molecule has 1 aliphatic rings. The number of amides is 1. The number of nitrogens with one attached hydrogen (secondary N) is 1. The van der Waals surface area contributed by atoms with E-state index in [1.54, 1.807) is 11.8 Å². The molecule has 0 bridgehead atoms. The maximum atomic E-state index is 12.0. The summed E-state index contributed by atoms with van der Waals surface area (Å²) >= 11 is 1.63. The molecule has 3 heteroatoms. The molecule has 0 fully saturated rings. The van der Waals surface area contributed by atoms with E-state index in [0.717, 1.165) is 12.8 Å². The van der Waals surface area contributed by atoms with Crippen molar-refractivity contribution in [3.05, 3.63) is 29.8 Å². The van der Waals surface area contributed by atoms with Crippen molar-refractivity contribution in [2.75, 3.05) is 0 Å². The summed E-state index contributed by atoms with van der Waals surface area (Å²) in [6.07, 6.45) is 6.91. The minimum absolute atomic E-state index is 0.0326. The second-order valence-corrected chi connectivity index (χ2v) is 5.30. The summed E-state index contributed by atoms with van der Waals surface area (Å²) in [5.41, 5.74) is 1.26. The molecule has 1 amide bonds. The molecule has 0 spiro atoms. The fraction of sp³-hybridized carbons (Fsp3) is 0.357. The Kier molecular flexibility index (Phi) is 3.75. The maximum absolute atomic E-state index is 12.0. The third-order valence-electron chi connectivity index (χ3n) is 2.87. The molecule has 2 rings (SSSR count). The Morgan fingerprint density at radius 3 is 3.06 bits per heavy atom. The molecule has 0 radical (unpaired) electrons. The topological polar surface area (TPSA) is 29.1 Å². The quantitative estimate of drug-likeness (QED) is 0.827. The molecule has 0 aromatic heterocycles. The van der Waals surface area contributed by atoms with Crippen molar-refractivity contribution >= 4 is 17.7 Å². The summed E-state index contributed by atoms with van der Waals surface area (Å²) in [5.74, 6) is 2.64. The van der Waals surface area contributed by atoms with Crippen molar-refractivity contribution in [2.45, 2.75) is 36.0 Å². The zero-order chi connectivity index (χ0) is 12.3. The van der Waals surface area contributed by atoms with E-state index in [1.165, 1.54) is 10.5 Å². The van der Waals surface area contributed by atoms with Gasteiger partial charge in [0.1, 0.15) is 0 Å². The van der Waals surface area contributed by atoms with Crippen LogP contribution >= 0.6 is 11.8 Å². The van der Waals surface area contributed by atoms with Gasteiger partial charge in [-0.3, -0.25) is 4.79 Å². The average Bonchev–Trinajstić information content (AvgIpc) is 2.79. The number of thioether (sulfide) groups is 1. The van der Waals surface area contributed by atoms with Crippen LogP contribution in [0.2, 0.25) is 0 Å². The smallest absolute Gasteiger partial charge is 0.234 e. The summed E-state index contributed by atoms with van der Waals surface area (Å²) in [5, 5.41) is 2.86. The minimum Gasteiger partial charge on any atom is -0.341 e. The van der Waals surface area contributed by atoms with Gasteiger partial charge in [0.25, 0.3) is 0 Å². The highest BCUT2D eigenvalue weighted by Crippen LogP contribution is 2.36. The number of fused-ring (bicyclic) bond motifs is 1. The minimum atomic E-state index is -0.146. The fourth-order valence-electron chi connectivity index (χ4n) is 1.85. The van der Waals surface area contributed by atoms with Gasteiger partial charge in [-0.25, -0.2) is 0 Å². The largest absolute Gasteiger partial charge is 0.341 e. The van der Waals surface area contributed by atoms with Gasteiger partial charge in [0.15, 0.2) is 0 Å². The van der Waals surface area contributed by atoms with Gasteiger partial charge in [0.2, 0.25) is 5.91 Å². The molecule has 2 nitrogen and oxygen atoms in total. The third kappa shape index (κ3) is 2.65. The standard InChI is InChI=1S/C14H15NOS/c1-3-11(4-2)15-14(16)13-9-10-7-5-6-8-12(10)17-13/h1,5-8,11,13H,4,9H2,2H3,(H,15,16). The van der Waals surface area contributed by atoms with Crippen LogP contribution in [-0.4, -0.2) is 17.2 Å². The van der Waals surface area contributed by atoms with Crippen molar-refractivity contribution in [3.63, 3.8) is 0 Å². The molecule has 2 unspecified atom stereocenters. The Morgan fingerprint density at radius 2 is 2.41 bits per heavy atom. The van der Waals surface area contributed by atoms with Crippen LogP contribution in [-0.2, 0) is 11.2 Å². The Hall–Kier alpha value is -1.40. The summed E-state index contributed by atoms with van der Waals surface area (Å²) in [6.45, 7) is 1.97. The van der Waals surface area contributed by atoms with E-state index in [2.05, 4.69) is 23.4 Å². The van der Waals surface area contributed by atoms with E-state index in [-0.39, 0.29) is 17.2 Å². The number of hydrogen-bond acceptors (Lipinski definition) is 2. The first kappa shape index (κ1) is 12.1. The van der Waals surface area contributed by atoms with Crippen LogP contribution in [0.4, 0.5) is 0 Å². The highest BCUT2D eigenvalue weighted by Gasteiger charge is 2.28. The van der Waals surface area contributed by atoms with E-state index in [1.807, 2.05) is 19.1 Å². The molecule has 88 valence electrons. The van der Waals surface area contributed by atoms with E-state index in [4.69, 9.17) is 6.42 Å². The van der Waals surface area contributed by atoms with E-state index in [0.29, 0.717) is 0 Å². The second-order valence-electron chi connectivity index (χ2n) is 4.05. The van der Waals surface area contributed by atoms with Gasteiger partial charge in [-0.05, 0) is 24.5 Å². The predicted octanol–water partition coefficient (Wildman–Crippen LogP) is 2.23. The number of rotatable bonds is 3. The van der Waals surface area contributed by atoms with E-state index < -0.39 is 0 Å². The molecule has 1 aromatic carbocycles. The monoisotopic (exact) mass is 245 g/mol. The molecule has 1 N–H and O–H groups in total. The summed E-state index contributed by atoms with van der Waals surface area (Å²) < 4.78 is 0. The van der Waals surface area contributed by atoms with Crippen molar-refractivity contribution in [1.82, 2.24) is 5.32 Å². The van der Waals surface area contributed by atoms with Crippen LogP contribution in [0, 0.1) is 12.3 Å². The number of carbonyl (C=O) groups is 1. The van der Waals surface area contributed by atoms with Gasteiger partial charge in [0, 0.05) is 4.90 Å². The van der Waals surface area contributed by atoms with Crippen molar-refractivity contribution in [3.8, 4) is 12.3 Å². The van der Waals surface area contributed by atoms with Gasteiger partial charge < -0.3 is 5.32 Å². The lowest BCUT2D eigenvalue weighted by molar-refractivity contribution is -0.120. The fourth-order valence-corrected chi connectivity index (χ4v) is 3.06. The van der Waals surface area contributed by atoms with Crippen molar-refractivity contribution < 1.29 is 4.79 Å². The molecule has 1 aromatic rings. The number of terminal acetylenes is 1. The first-order valence-corrected chi connectivity index (χ1v) is 6.63. The van der Waals surface area contributed by atoms with Crippen molar-refractivity contribution in [1.29, 1.82) is 0 Å². The number of benzene rings is 1. The van der Waals surface area contributed by atoms with Crippen LogP contribution in [0.1, 0.15) is 18.9 Å². The summed E-state index contributed by atoms with van der Waals surface area (Å²) in [4.78, 5) is 13.2. The normalized spacial score (nSPS) is 19.2. The van der Waals surface area contributed by atoms with Crippen LogP contribution in [0.25, 0.3) is 0 Å². The SMILES string of the molecule is C#CC(CC)NC(=O)C1Cc2ccccc2S1. The Bertz CT molecular complexity index is 439. The van der Waals surface area contributed by atoms with Crippen LogP contribution in [0.3, 0.4) is 0 Å². The lowest BCUT2D eigenvalue weighted by Gasteiger charge is -2.14. The van der Waals surface area contributed by atoms with Crippen LogP contribution in [0.15, 0.2) is 29.2 Å². The lowest BCUT2D eigenvalue weighted by atomic mass is 10.1. The first-order chi connectivity index (χ1) is 8.24. The molecule has 2 atom stereocenters. The van der Waals surface area contributed by atoms with Crippen molar-refractivity contribution in [2.24, 2.45) is 0 Å². The summed E-state index contributed by atoms with van der Waals surface area (Å²) in [6, 6.07) is 8.00. The molecular formula is C14H15NOS. The zero-order valence-electron chi connectivity index (χ0n) is 9.77. The Labute approximate surface area is 106 Å². The van der Waals surface area contributed by atoms with Gasteiger partial charge in [-0.15, -0.1) is 18.2 Å². The number of hydrogen-bond donors (Lipinski definition) is 1. The molecule has 0 saturated heterocycles. The van der Waals surface area contributed by atoms with E-state index >= 15 is 0 Å². The summed E-state index contributed by atoms with van der Waals surface area (Å²) in [7, 11) is 0. The number of carbonyl (C=O) groups excluding carboxylic acids is 1. The van der Waals surface area contributed by atoms with Crippen LogP contribution < -0.4 is 5.32 Å². The predicted molar refractivity (Wildman–Crippen MR) is 70.8 cm³/mol. The molecule has 1 aliphatic heterocycles. The van der Waals surface area contributed by atoms with Crippen LogP contribution in [0.5, 0.6) is 0 Å². The van der Waals surface area contributed by atoms with Gasteiger partial charge in [0.05, 0.1) is 11.3 Å². The first-order valence-electron chi connectivity index (χ1n) is 5.75. The highest BCUT2D eigenvalue weighted by molar-refractivity contribution is 8.01. The van der Waals surface area contributed by atoms with Gasteiger partial charge >= 0.3 is 0 Å². The Morgan fingerprint density at radius 1 is 1.65 bits per heavy atom.